The van der Waals surface area contributed by atoms with Crippen molar-refractivity contribution in [3.63, 3.8) is 0 Å². The first-order valence-corrected chi connectivity index (χ1v) is 21.5. The van der Waals surface area contributed by atoms with Gasteiger partial charge in [0.25, 0.3) is 0 Å². The van der Waals surface area contributed by atoms with E-state index in [1.54, 1.807) is 11.1 Å². The fraction of sp³-hybridized carbons (Fsp3) is 0.158. The van der Waals surface area contributed by atoms with Crippen molar-refractivity contribution in [3.8, 4) is 44.5 Å². The lowest BCUT2D eigenvalue weighted by Gasteiger charge is -2.44. The van der Waals surface area contributed by atoms with E-state index in [1.807, 2.05) is 0 Å². The lowest BCUT2D eigenvalue weighted by Crippen LogP contribution is -2.40. The number of para-hydroxylation sites is 1. The highest BCUT2D eigenvalue weighted by Gasteiger charge is 2.66. The summed E-state index contributed by atoms with van der Waals surface area (Å²) in [4.78, 5) is 2.48. The summed E-state index contributed by atoms with van der Waals surface area (Å²) < 4.78 is 6.57. The molecule has 1 aromatic heterocycles. The molecule has 59 heavy (non-hydrogen) atoms. The van der Waals surface area contributed by atoms with Gasteiger partial charge in [-0.05, 0) is 160 Å². The molecule has 1 heterocycles. The van der Waals surface area contributed by atoms with Crippen LogP contribution in [0.5, 0.6) is 0 Å². The summed E-state index contributed by atoms with van der Waals surface area (Å²) in [6.07, 6.45) is 5.54. The molecule has 0 saturated heterocycles. The Balaban J connectivity index is 1.06. The van der Waals surface area contributed by atoms with Crippen LogP contribution in [0.25, 0.3) is 66.4 Å². The zero-order chi connectivity index (χ0) is 38.7. The normalized spacial score (nSPS) is 22.0. The molecule has 2 heteroatoms. The Morgan fingerprint density at radius 3 is 1.71 bits per heavy atom. The van der Waals surface area contributed by atoms with Crippen LogP contribution in [-0.4, -0.2) is 0 Å². The third-order valence-electron chi connectivity index (χ3n) is 14.8. The highest BCUT2D eigenvalue weighted by molar-refractivity contribution is 6.06. The molecule has 4 fully saturated rings. The van der Waals surface area contributed by atoms with Gasteiger partial charge in [0, 0.05) is 39.3 Å². The predicted octanol–water partition coefficient (Wildman–Crippen LogP) is 15.4. The lowest BCUT2D eigenvalue weighted by atomic mass is 9.59. The third-order valence-corrected chi connectivity index (χ3v) is 14.8. The van der Waals surface area contributed by atoms with E-state index in [-0.39, 0.29) is 5.41 Å². The molecule has 0 aliphatic heterocycles. The van der Waals surface area contributed by atoms with Crippen molar-refractivity contribution in [2.45, 2.75) is 31.1 Å². The van der Waals surface area contributed by atoms with Gasteiger partial charge in [-0.15, -0.1) is 0 Å². The van der Waals surface area contributed by atoms with Crippen molar-refractivity contribution in [2.75, 3.05) is 4.90 Å². The van der Waals surface area contributed by atoms with E-state index in [0.29, 0.717) is 5.92 Å². The largest absolute Gasteiger partial charge is 0.456 e. The molecule has 14 rings (SSSR count). The lowest BCUT2D eigenvalue weighted by molar-refractivity contribution is 0.191. The summed E-state index contributed by atoms with van der Waals surface area (Å²) in [7, 11) is 0. The number of anilines is 3. The standard InChI is InChI=1S/C57H43NO/c1-4-12-37(13-5-1)40-20-24-52-50(33-40)51-34-45(22-25-53(51)57(52)44-27-36-26-43(30-44)54(57)28-36)58(46-21-23-49-48-18-10-11-19-55(48)59-56(49)35-46)47-31-41(38-14-6-2-7-15-38)29-42(32-47)39-16-8-3-9-17-39/h1-25,29,31-36,43-44,54H,26-28,30H2. The summed E-state index contributed by atoms with van der Waals surface area (Å²) in [5, 5.41) is 2.28. The number of rotatable bonds is 6. The fourth-order valence-electron chi connectivity index (χ4n) is 12.6. The molecule has 9 aromatic rings. The third kappa shape index (κ3) is 4.93. The monoisotopic (exact) mass is 757 g/mol. The molecule has 4 saturated carbocycles. The van der Waals surface area contributed by atoms with E-state index >= 15 is 0 Å². The van der Waals surface area contributed by atoms with Gasteiger partial charge in [0.05, 0.1) is 0 Å². The van der Waals surface area contributed by atoms with Crippen molar-refractivity contribution in [2.24, 2.45) is 23.7 Å². The SMILES string of the molecule is c1ccc(-c2cc(-c3ccccc3)cc(N(c3ccc4c(c3)-c3cc(-c5ccccc5)ccc3C43C4CC5CC(C4)C3C5)c3ccc4c(c3)oc3ccccc34)c2)cc1. The Morgan fingerprint density at radius 2 is 1.00 bits per heavy atom. The van der Waals surface area contributed by atoms with Gasteiger partial charge >= 0.3 is 0 Å². The predicted molar refractivity (Wildman–Crippen MR) is 243 cm³/mol. The van der Waals surface area contributed by atoms with Crippen molar-refractivity contribution >= 4 is 39.0 Å². The van der Waals surface area contributed by atoms with E-state index in [1.165, 1.54) is 70.2 Å². The van der Waals surface area contributed by atoms with E-state index in [9.17, 15) is 0 Å². The first kappa shape index (κ1) is 33.3. The van der Waals surface area contributed by atoms with Crippen LogP contribution in [0.4, 0.5) is 17.1 Å². The minimum atomic E-state index is 0.0990. The molecule has 5 atom stereocenters. The molecule has 8 aromatic carbocycles. The molecule has 5 aliphatic carbocycles. The van der Waals surface area contributed by atoms with Crippen LogP contribution in [-0.2, 0) is 5.41 Å². The van der Waals surface area contributed by atoms with Gasteiger partial charge in [-0.25, -0.2) is 0 Å². The number of nitrogens with zero attached hydrogens (tertiary/aromatic N) is 1. The van der Waals surface area contributed by atoms with Gasteiger partial charge in [-0.3, -0.25) is 0 Å². The summed E-state index contributed by atoms with van der Waals surface area (Å²) >= 11 is 0. The molecule has 2 nitrogen and oxygen atoms in total. The van der Waals surface area contributed by atoms with Crippen molar-refractivity contribution in [3.05, 3.63) is 199 Å². The molecule has 0 N–H and O–H groups in total. The quantitative estimate of drug-likeness (QED) is 0.168. The van der Waals surface area contributed by atoms with Gasteiger partial charge in [0.1, 0.15) is 11.2 Å². The average Bonchev–Trinajstić information content (AvgIpc) is 3.97. The first-order chi connectivity index (χ1) is 29.2. The second-order valence-corrected chi connectivity index (χ2v) is 17.7. The Hall–Kier alpha value is -6.64. The average molecular weight is 758 g/mol. The van der Waals surface area contributed by atoms with Crippen LogP contribution in [0, 0.1) is 23.7 Å². The smallest absolute Gasteiger partial charge is 0.137 e. The second-order valence-electron chi connectivity index (χ2n) is 17.7. The second kappa shape index (κ2) is 12.7. The minimum Gasteiger partial charge on any atom is -0.456 e. The Kier molecular flexibility index (Phi) is 7.17. The van der Waals surface area contributed by atoms with Crippen molar-refractivity contribution in [1.29, 1.82) is 0 Å². The molecular formula is C57H43NO. The van der Waals surface area contributed by atoms with Gasteiger partial charge < -0.3 is 9.32 Å². The number of hydrogen-bond donors (Lipinski definition) is 0. The molecular weight excluding hydrogens is 715 g/mol. The number of fused-ring (bicyclic) bond motifs is 6. The van der Waals surface area contributed by atoms with Crippen LogP contribution < -0.4 is 4.90 Å². The summed E-state index contributed by atoms with van der Waals surface area (Å²) in [5.74, 6) is 3.18. The number of benzene rings is 8. The molecule has 1 spiro atoms. The van der Waals surface area contributed by atoms with Crippen LogP contribution >= 0.6 is 0 Å². The summed E-state index contributed by atoms with van der Waals surface area (Å²) in [6.45, 7) is 0. The van der Waals surface area contributed by atoms with Gasteiger partial charge in [-0.1, -0.05) is 127 Å². The highest BCUT2D eigenvalue weighted by atomic mass is 16.3. The Morgan fingerprint density at radius 1 is 0.407 bits per heavy atom. The Labute approximate surface area is 345 Å². The Bertz CT molecular complexity index is 3030. The molecule has 4 bridgehead atoms. The van der Waals surface area contributed by atoms with Gasteiger partial charge in [0.15, 0.2) is 0 Å². The molecule has 5 unspecified atom stereocenters. The fourth-order valence-corrected chi connectivity index (χ4v) is 12.6. The highest BCUT2D eigenvalue weighted by Crippen LogP contribution is 2.73. The maximum atomic E-state index is 6.57. The van der Waals surface area contributed by atoms with E-state index in [2.05, 4.69) is 193 Å². The van der Waals surface area contributed by atoms with Crippen LogP contribution in [0.1, 0.15) is 36.8 Å². The molecule has 0 amide bonds. The molecule has 0 radical (unpaired) electrons. The topological polar surface area (TPSA) is 16.4 Å². The first-order valence-electron chi connectivity index (χ1n) is 21.5. The van der Waals surface area contributed by atoms with Crippen LogP contribution in [0.2, 0.25) is 0 Å². The summed E-state index contributed by atoms with van der Waals surface area (Å²) in [6, 6.07) is 69.8. The summed E-state index contributed by atoms with van der Waals surface area (Å²) in [5.41, 5.74) is 18.6. The van der Waals surface area contributed by atoms with E-state index in [4.69, 9.17) is 4.42 Å². The molecule has 282 valence electrons. The van der Waals surface area contributed by atoms with Gasteiger partial charge in [-0.2, -0.15) is 0 Å². The van der Waals surface area contributed by atoms with E-state index < -0.39 is 0 Å². The maximum absolute atomic E-state index is 6.57. The van der Waals surface area contributed by atoms with E-state index in [0.717, 1.165) is 56.8 Å². The zero-order valence-electron chi connectivity index (χ0n) is 32.9. The minimum absolute atomic E-state index is 0.0990. The molecule has 5 aliphatic rings. The van der Waals surface area contributed by atoms with Gasteiger partial charge in [0.2, 0.25) is 0 Å². The van der Waals surface area contributed by atoms with Crippen LogP contribution in [0.15, 0.2) is 192 Å². The number of furan rings is 1. The number of hydrogen-bond acceptors (Lipinski definition) is 2. The zero-order valence-corrected chi connectivity index (χ0v) is 32.9. The van der Waals surface area contributed by atoms with Crippen molar-refractivity contribution < 1.29 is 4.42 Å². The van der Waals surface area contributed by atoms with Crippen LogP contribution in [0.3, 0.4) is 0 Å². The maximum Gasteiger partial charge on any atom is 0.137 e. The van der Waals surface area contributed by atoms with Crippen molar-refractivity contribution in [1.82, 2.24) is 0 Å².